The maximum atomic E-state index is 12.0. The summed E-state index contributed by atoms with van der Waals surface area (Å²) in [4.78, 5) is 12.0. The molecule has 1 rings (SSSR count). The first-order valence-corrected chi connectivity index (χ1v) is 7.23. The van der Waals surface area contributed by atoms with Crippen LogP contribution in [0.4, 0.5) is 5.69 Å². The fraction of sp³-hybridized carbons (Fsp3) is 0.467. The third-order valence-corrected chi connectivity index (χ3v) is 3.23. The Morgan fingerprint density at radius 1 is 1.19 bits per heavy atom. The summed E-state index contributed by atoms with van der Waals surface area (Å²) in [6.45, 7) is 7.32. The minimum absolute atomic E-state index is 0.124. The Morgan fingerprint density at radius 3 is 2.38 bits per heavy atom. The van der Waals surface area contributed by atoms with Crippen molar-refractivity contribution in [3.8, 4) is 0 Å². The first-order valence-electron chi connectivity index (χ1n) is 6.82. The summed E-state index contributed by atoms with van der Waals surface area (Å²) in [5.74, 6) is -0.124. The SMILES string of the molecule is COCCNC(=S)NCC(=O)Nc1c(C)cc(C)cc1C. The van der Waals surface area contributed by atoms with Gasteiger partial charge in [0.1, 0.15) is 0 Å². The highest BCUT2D eigenvalue weighted by molar-refractivity contribution is 7.80. The number of hydrogen-bond acceptors (Lipinski definition) is 3. The lowest BCUT2D eigenvalue weighted by Gasteiger charge is -2.14. The lowest BCUT2D eigenvalue weighted by atomic mass is 10.1. The van der Waals surface area contributed by atoms with E-state index in [0.29, 0.717) is 18.3 Å². The predicted octanol–water partition coefficient (Wildman–Crippen LogP) is 1.66. The van der Waals surface area contributed by atoms with E-state index in [9.17, 15) is 4.79 Å². The number of benzene rings is 1. The maximum absolute atomic E-state index is 12.0. The third-order valence-electron chi connectivity index (χ3n) is 2.94. The van der Waals surface area contributed by atoms with Gasteiger partial charge in [-0.1, -0.05) is 17.7 Å². The number of carbonyl (C=O) groups is 1. The molecule has 0 radical (unpaired) electrons. The van der Waals surface area contributed by atoms with Crippen molar-refractivity contribution < 1.29 is 9.53 Å². The zero-order valence-corrected chi connectivity index (χ0v) is 13.8. The van der Waals surface area contributed by atoms with Gasteiger partial charge in [-0.05, 0) is 44.1 Å². The third kappa shape index (κ3) is 6.10. The molecule has 0 bridgehead atoms. The van der Waals surface area contributed by atoms with E-state index in [1.54, 1.807) is 7.11 Å². The van der Waals surface area contributed by atoms with Gasteiger partial charge in [0, 0.05) is 19.3 Å². The molecule has 21 heavy (non-hydrogen) atoms. The van der Waals surface area contributed by atoms with Crippen molar-refractivity contribution in [2.75, 3.05) is 32.1 Å². The Morgan fingerprint density at radius 2 is 1.81 bits per heavy atom. The number of hydrogen-bond donors (Lipinski definition) is 3. The van der Waals surface area contributed by atoms with E-state index < -0.39 is 0 Å². The van der Waals surface area contributed by atoms with E-state index in [2.05, 4.69) is 16.0 Å². The Labute approximate surface area is 131 Å². The minimum atomic E-state index is -0.124. The van der Waals surface area contributed by atoms with E-state index >= 15 is 0 Å². The number of thiocarbonyl (C=S) groups is 1. The maximum Gasteiger partial charge on any atom is 0.243 e. The van der Waals surface area contributed by atoms with Gasteiger partial charge >= 0.3 is 0 Å². The topological polar surface area (TPSA) is 62.4 Å². The molecule has 0 atom stereocenters. The molecule has 116 valence electrons. The van der Waals surface area contributed by atoms with Crippen LogP contribution >= 0.6 is 12.2 Å². The molecular formula is C15H23N3O2S. The zero-order chi connectivity index (χ0) is 15.8. The Hall–Kier alpha value is -1.66. The molecular weight excluding hydrogens is 286 g/mol. The number of methoxy groups -OCH3 is 1. The van der Waals surface area contributed by atoms with Crippen LogP contribution in [0.3, 0.4) is 0 Å². The van der Waals surface area contributed by atoms with Gasteiger partial charge in [0.2, 0.25) is 5.91 Å². The highest BCUT2D eigenvalue weighted by atomic mass is 32.1. The van der Waals surface area contributed by atoms with E-state index in [1.165, 1.54) is 5.56 Å². The lowest BCUT2D eigenvalue weighted by molar-refractivity contribution is -0.115. The number of aryl methyl sites for hydroxylation is 3. The van der Waals surface area contributed by atoms with Gasteiger partial charge < -0.3 is 20.7 Å². The summed E-state index contributed by atoms with van der Waals surface area (Å²) in [6, 6.07) is 4.10. The van der Waals surface area contributed by atoms with Crippen LogP contribution in [0.5, 0.6) is 0 Å². The van der Waals surface area contributed by atoms with E-state index in [4.69, 9.17) is 17.0 Å². The molecule has 0 fully saturated rings. The molecule has 1 aromatic carbocycles. The van der Waals surface area contributed by atoms with Crippen LogP contribution in [0.1, 0.15) is 16.7 Å². The van der Waals surface area contributed by atoms with Gasteiger partial charge in [0.15, 0.2) is 5.11 Å². The number of amides is 1. The summed E-state index contributed by atoms with van der Waals surface area (Å²) < 4.78 is 4.90. The molecule has 0 spiro atoms. The van der Waals surface area contributed by atoms with Gasteiger partial charge in [0.05, 0.1) is 13.2 Å². The summed E-state index contributed by atoms with van der Waals surface area (Å²) in [5.41, 5.74) is 4.17. The molecule has 5 nitrogen and oxygen atoms in total. The molecule has 0 aliphatic carbocycles. The zero-order valence-electron chi connectivity index (χ0n) is 13.0. The molecule has 0 saturated heterocycles. The average molecular weight is 309 g/mol. The van der Waals surface area contributed by atoms with Crippen LogP contribution in [-0.4, -0.2) is 37.8 Å². The number of nitrogens with one attached hydrogen (secondary N) is 3. The summed E-state index contributed by atoms with van der Waals surface area (Å²) in [6.07, 6.45) is 0. The smallest absolute Gasteiger partial charge is 0.243 e. The van der Waals surface area contributed by atoms with Crippen molar-refractivity contribution in [1.82, 2.24) is 10.6 Å². The average Bonchev–Trinajstić information content (AvgIpc) is 2.41. The van der Waals surface area contributed by atoms with Gasteiger partial charge in [-0.3, -0.25) is 4.79 Å². The number of rotatable bonds is 6. The highest BCUT2D eigenvalue weighted by Gasteiger charge is 2.08. The second kappa shape index (κ2) is 8.59. The number of ether oxygens (including phenoxy) is 1. The number of anilines is 1. The summed E-state index contributed by atoms with van der Waals surface area (Å²) in [7, 11) is 1.62. The molecule has 0 unspecified atom stereocenters. The Kier molecular flexibility index (Phi) is 7.11. The molecule has 6 heteroatoms. The van der Waals surface area contributed by atoms with Crippen LogP contribution < -0.4 is 16.0 Å². The fourth-order valence-electron chi connectivity index (χ4n) is 2.05. The molecule has 1 aromatic rings. The molecule has 0 aromatic heterocycles. The minimum Gasteiger partial charge on any atom is -0.383 e. The van der Waals surface area contributed by atoms with Crippen molar-refractivity contribution in [3.05, 3.63) is 28.8 Å². The summed E-state index contributed by atoms with van der Waals surface area (Å²) in [5, 5.41) is 9.17. The van der Waals surface area contributed by atoms with Crippen molar-refractivity contribution >= 4 is 28.9 Å². The van der Waals surface area contributed by atoms with E-state index in [-0.39, 0.29) is 12.5 Å². The summed E-state index contributed by atoms with van der Waals surface area (Å²) >= 11 is 5.06. The first-order chi connectivity index (χ1) is 9.93. The Balaban J connectivity index is 2.46. The number of carbonyl (C=O) groups excluding carboxylic acids is 1. The quantitative estimate of drug-likeness (QED) is 0.551. The standard InChI is InChI=1S/C15H23N3O2S/c1-10-7-11(2)14(12(3)8-10)18-13(19)9-17-15(21)16-5-6-20-4/h7-8H,5-6,9H2,1-4H3,(H,18,19)(H2,16,17,21). The normalized spacial score (nSPS) is 10.1. The largest absolute Gasteiger partial charge is 0.383 e. The molecule has 3 N–H and O–H groups in total. The van der Waals surface area contributed by atoms with Crippen LogP contribution in [0, 0.1) is 20.8 Å². The monoisotopic (exact) mass is 309 g/mol. The van der Waals surface area contributed by atoms with Crippen LogP contribution in [0.25, 0.3) is 0 Å². The highest BCUT2D eigenvalue weighted by Crippen LogP contribution is 2.21. The van der Waals surface area contributed by atoms with Gasteiger partial charge in [-0.15, -0.1) is 0 Å². The molecule has 0 heterocycles. The second-order valence-electron chi connectivity index (χ2n) is 4.92. The van der Waals surface area contributed by atoms with Crippen molar-refractivity contribution in [2.24, 2.45) is 0 Å². The van der Waals surface area contributed by atoms with Crippen LogP contribution in [0.15, 0.2) is 12.1 Å². The first kappa shape index (κ1) is 17.4. The lowest BCUT2D eigenvalue weighted by Crippen LogP contribution is -2.41. The second-order valence-corrected chi connectivity index (χ2v) is 5.33. The fourth-order valence-corrected chi connectivity index (χ4v) is 2.22. The van der Waals surface area contributed by atoms with Gasteiger partial charge in [-0.2, -0.15) is 0 Å². The van der Waals surface area contributed by atoms with Crippen LogP contribution in [0.2, 0.25) is 0 Å². The van der Waals surface area contributed by atoms with Gasteiger partial charge in [-0.25, -0.2) is 0 Å². The van der Waals surface area contributed by atoms with E-state index in [1.807, 2.05) is 32.9 Å². The predicted molar refractivity (Wildman–Crippen MR) is 89.8 cm³/mol. The Bertz CT molecular complexity index is 495. The van der Waals surface area contributed by atoms with Crippen molar-refractivity contribution in [2.45, 2.75) is 20.8 Å². The molecule has 0 saturated carbocycles. The van der Waals surface area contributed by atoms with Crippen LogP contribution in [-0.2, 0) is 9.53 Å². The molecule has 0 aliphatic heterocycles. The molecule has 1 amide bonds. The van der Waals surface area contributed by atoms with Gasteiger partial charge in [0.25, 0.3) is 0 Å². The van der Waals surface area contributed by atoms with Crippen molar-refractivity contribution in [1.29, 1.82) is 0 Å². The van der Waals surface area contributed by atoms with Crippen molar-refractivity contribution in [3.63, 3.8) is 0 Å². The van der Waals surface area contributed by atoms with E-state index in [0.717, 1.165) is 16.8 Å². The molecule has 0 aliphatic rings.